The molecule has 5 N–H and O–H groups in total. The van der Waals surface area contributed by atoms with Gasteiger partial charge in [-0.25, -0.2) is 4.57 Å². The number of unbranched alkanes of at least 4 members (excludes halogenated alkanes) is 12. The van der Waals surface area contributed by atoms with Crippen molar-refractivity contribution in [1.29, 1.82) is 0 Å². The molecule has 0 aliphatic rings. The van der Waals surface area contributed by atoms with E-state index < -0.39 is 44.7 Å². The van der Waals surface area contributed by atoms with Gasteiger partial charge in [-0.05, 0) is 77.0 Å². The molecule has 11 nitrogen and oxygen atoms in total. The van der Waals surface area contributed by atoms with E-state index in [2.05, 4.69) is 50.3 Å². The molecule has 0 fully saturated rings. The molecule has 12 heteroatoms. The molecule has 4 atom stereocenters. The second-order valence-electron chi connectivity index (χ2n) is 13.5. The highest BCUT2D eigenvalue weighted by atomic mass is 31.2. The molecule has 0 saturated carbocycles. The van der Waals surface area contributed by atoms with E-state index in [9.17, 15) is 29.3 Å². The number of hydrogen-bond acceptors (Lipinski definition) is 10. The SMILES string of the molecule is CCCCC/C=C\C/C=C\C/C=C\CC(O)C(O)CCCC(=O)O[C@H](COC(=O)CCCCCCC/C=C\CCCCCC)COP(=O)(O)OCCN. The lowest BCUT2D eigenvalue weighted by Gasteiger charge is -2.20. The molecule has 0 aromatic heterocycles. The highest BCUT2D eigenvalue weighted by molar-refractivity contribution is 7.47. The third-order valence-electron chi connectivity index (χ3n) is 8.39. The van der Waals surface area contributed by atoms with Crippen LogP contribution in [-0.2, 0) is 32.7 Å². The summed E-state index contributed by atoms with van der Waals surface area (Å²) >= 11 is 0. The molecular formula is C41H74NO10P. The van der Waals surface area contributed by atoms with Gasteiger partial charge in [-0.1, -0.05) is 114 Å². The molecule has 3 unspecified atom stereocenters. The standard InChI is InChI=1S/C41H74NO10P/c1-3-5-7-9-11-13-15-17-19-21-23-25-27-31-40(45)49-35-37(36-51-53(47,48)50-34-33-42)52-41(46)32-28-30-39(44)38(43)29-26-24-22-20-18-16-14-12-10-8-6-4-2/h12-15,18,20,24,26,37-39,43-44H,3-11,16-17,19,21-23,25,27-36,42H2,1-2H3,(H,47,48)/b14-12-,15-13-,20-18-,26-24-/t37-,38?,39?/m1/s1. The largest absolute Gasteiger partial charge is 0.472 e. The van der Waals surface area contributed by atoms with Crippen molar-refractivity contribution in [2.75, 3.05) is 26.4 Å². The Bertz CT molecular complexity index is 1050. The summed E-state index contributed by atoms with van der Waals surface area (Å²) in [4.78, 5) is 34.8. The summed E-state index contributed by atoms with van der Waals surface area (Å²) in [6.45, 7) is 3.32. The van der Waals surface area contributed by atoms with Gasteiger partial charge in [0.15, 0.2) is 6.10 Å². The number of phosphoric ester groups is 1. The van der Waals surface area contributed by atoms with E-state index in [1.54, 1.807) is 0 Å². The number of hydrogen-bond donors (Lipinski definition) is 4. The first-order valence-corrected chi connectivity index (χ1v) is 21.8. The molecule has 0 spiro atoms. The van der Waals surface area contributed by atoms with Gasteiger partial charge in [-0.3, -0.25) is 18.6 Å². The maximum Gasteiger partial charge on any atom is 0.472 e. The number of allylic oxidation sites excluding steroid dienone is 7. The summed E-state index contributed by atoms with van der Waals surface area (Å²) in [6, 6.07) is 0. The van der Waals surface area contributed by atoms with Gasteiger partial charge in [0, 0.05) is 19.4 Å². The highest BCUT2D eigenvalue weighted by Gasteiger charge is 2.26. The van der Waals surface area contributed by atoms with Crippen LogP contribution in [0.3, 0.4) is 0 Å². The minimum Gasteiger partial charge on any atom is -0.462 e. The zero-order valence-corrected chi connectivity index (χ0v) is 33.9. The Morgan fingerprint density at radius 2 is 1.17 bits per heavy atom. The summed E-state index contributed by atoms with van der Waals surface area (Å²) in [5.41, 5.74) is 5.32. The molecule has 0 radical (unpaired) electrons. The van der Waals surface area contributed by atoms with Crippen molar-refractivity contribution in [3.8, 4) is 0 Å². The van der Waals surface area contributed by atoms with Crippen molar-refractivity contribution < 1.29 is 47.8 Å². The fraction of sp³-hybridized carbons (Fsp3) is 0.756. The normalized spacial score (nSPS) is 15.1. The first-order valence-electron chi connectivity index (χ1n) is 20.3. The minimum absolute atomic E-state index is 0.00568. The zero-order valence-electron chi connectivity index (χ0n) is 33.0. The van der Waals surface area contributed by atoms with Crippen molar-refractivity contribution in [1.82, 2.24) is 0 Å². The third-order valence-corrected chi connectivity index (χ3v) is 9.37. The molecule has 0 heterocycles. The summed E-state index contributed by atoms with van der Waals surface area (Å²) in [5, 5.41) is 20.7. The average Bonchev–Trinajstić information content (AvgIpc) is 3.14. The van der Waals surface area contributed by atoms with Crippen molar-refractivity contribution in [3.63, 3.8) is 0 Å². The van der Waals surface area contributed by atoms with E-state index >= 15 is 0 Å². The molecule has 0 saturated heterocycles. The first-order chi connectivity index (χ1) is 25.6. The Kier molecular flexibility index (Phi) is 35.4. The number of esters is 2. The second kappa shape index (κ2) is 36.8. The van der Waals surface area contributed by atoms with Crippen LogP contribution in [-0.4, -0.2) is 71.7 Å². The minimum atomic E-state index is -4.46. The number of ether oxygens (including phenoxy) is 2. The summed E-state index contributed by atoms with van der Waals surface area (Å²) in [7, 11) is -4.46. The average molecular weight is 772 g/mol. The van der Waals surface area contributed by atoms with Gasteiger partial charge in [-0.2, -0.15) is 0 Å². The zero-order chi connectivity index (χ0) is 39.3. The van der Waals surface area contributed by atoms with Gasteiger partial charge in [0.25, 0.3) is 0 Å². The summed E-state index contributed by atoms with van der Waals surface area (Å²) in [5.74, 6) is -1.13. The summed E-state index contributed by atoms with van der Waals surface area (Å²) in [6.07, 6.45) is 33.1. The Morgan fingerprint density at radius 3 is 1.83 bits per heavy atom. The fourth-order valence-corrected chi connectivity index (χ4v) is 5.97. The van der Waals surface area contributed by atoms with Gasteiger partial charge < -0.3 is 30.3 Å². The number of carbonyl (C=O) groups excluding carboxylic acids is 2. The maximum absolute atomic E-state index is 12.6. The Morgan fingerprint density at radius 1 is 0.642 bits per heavy atom. The summed E-state index contributed by atoms with van der Waals surface area (Å²) < 4.78 is 32.5. The predicted molar refractivity (Wildman–Crippen MR) is 213 cm³/mol. The molecule has 0 aliphatic carbocycles. The Balaban J connectivity index is 4.48. The van der Waals surface area contributed by atoms with Crippen LogP contribution in [0.1, 0.15) is 155 Å². The molecule has 0 aromatic rings. The van der Waals surface area contributed by atoms with Crippen LogP contribution in [0.5, 0.6) is 0 Å². The number of aliphatic hydroxyl groups is 2. The molecule has 0 bridgehead atoms. The van der Waals surface area contributed by atoms with E-state index in [0.717, 1.165) is 57.8 Å². The van der Waals surface area contributed by atoms with Crippen LogP contribution in [0.25, 0.3) is 0 Å². The molecule has 53 heavy (non-hydrogen) atoms. The van der Waals surface area contributed by atoms with Crippen LogP contribution < -0.4 is 5.73 Å². The monoisotopic (exact) mass is 772 g/mol. The maximum atomic E-state index is 12.6. The molecule has 308 valence electrons. The predicted octanol–water partition coefficient (Wildman–Crippen LogP) is 9.10. The molecule has 0 rings (SSSR count). The van der Waals surface area contributed by atoms with E-state index in [0.29, 0.717) is 6.42 Å². The van der Waals surface area contributed by atoms with Crippen molar-refractivity contribution in [2.45, 2.75) is 173 Å². The number of carbonyl (C=O) groups is 2. The Hall–Kier alpha value is -2.11. The number of nitrogens with two attached hydrogens (primary N) is 1. The quantitative estimate of drug-likeness (QED) is 0.0205. The lowest BCUT2D eigenvalue weighted by molar-refractivity contribution is -0.161. The molecular weight excluding hydrogens is 697 g/mol. The smallest absolute Gasteiger partial charge is 0.462 e. The van der Waals surface area contributed by atoms with E-state index in [1.807, 2.05) is 12.2 Å². The molecule has 0 aromatic carbocycles. The lowest BCUT2D eigenvalue weighted by Crippen LogP contribution is -2.30. The lowest BCUT2D eigenvalue weighted by atomic mass is 10.0. The van der Waals surface area contributed by atoms with E-state index in [-0.39, 0.29) is 51.9 Å². The Labute approximate surface area is 321 Å². The van der Waals surface area contributed by atoms with Crippen LogP contribution >= 0.6 is 7.82 Å². The van der Waals surface area contributed by atoms with Gasteiger partial charge in [0.05, 0.1) is 25.4 Å². The number of aliphatic hydroxyl groups excluding tert-OH is 2. The van der Waals surface area contributed by atoms with Gasteiger partial charge in [0.2, 0.25) is 0 Å². The van der Waals surface area contributed by atoms with Gasteiger partial charge in [-0.15, -0.1) is 0 Å². The fourth-order valence-electron chi connectivity index (χ4n) is 5.20. The van der Waals surface area contributed by atoms with Crippen LogP contribution in [0, 0.1) is 0 Å². The van der Waals surface area contributed by atoms with E-state index in [1.165, 1.54) is 44.9 Å². The van der Waals surface area contributed by atoms with Crippen molar-refractivity contribution in [3.05, 3.63) is 48.6 Å². The van der Waals surface area contributed by atoms with Gasteiger partial charge >= 0.3 is 19.8 Å². The van der Waals surface area contributed by atoms with Gasteiger partial charge in [0.1, 0.15) is 6.61 Å². The molecule has 0 aliphatic heterocycles. The van der Waals surface area contributed by atoms with Crippen LogP contribution in [0.2, 0.25) is 0 Å². The van der Waals surface area contributed by atoms with E-state index in [4.69, 9.17) is 24.3 Å². The molecule has 0 amide bonds. The second-order valence-corrected chi connectivity index (χ2v) is 14.9. The van der Waals surface area contributed by atoms with Crippen molar-refractivity contribution in [2.24, 2.45) is 5.73 Å². The van der Waals surface area contributed by atoms with Crippen LogP contribution in [0.4, 0.5) is 0 Å². The first kappa shape index (κ1) is 50.9. The number of rotatable bonds is 37. The van der Waals surface area contributed by atoms with Crippen molar-refractivity contribution >= 4 is 19.8 Å². The highest BCUT2D eigenvalue weighted by Crippen LogP contribution is 2.43. The topological polar surface area (TPSA) is 175 Å². The van der Waals surface area contributed by atoms with Crippen LogP contribution in [0.15, 0.2) is 48.6 Å². The number of phosphoric acid groups is 1. The third kappa shape index (κ3) is 35.4.